The van der Waals surface area contributed by atoms with Crippen LogP contribution in [0.3, 0.4) is 0 Å². The summed E-state index contributed by atoms with van der Waals surface area (Å²) in [6.45, 7) is 0.779. The van der Waals surface area contributed by atoms with Crippen LogP contribution in [0.25, 0.3) is 11.0 Å². The molecular weight excluding hydrogens is 460 g/mol. The lowest BCUT2D eigenvalue weighted by Gasteiger charge is -2.18. The Morgan fingerprint density at radius 2 is 2.00 bits per heavy atom. The van der Waals surface area contributed by atoms with E-state index in [4.69, 9.17) is 4.74 Å². The van der Waals surface area contributed by atoms with Crippen molar-refractivity contribution in [1.29, 1.82) is 0 Å². The number of nitrogens with zero attached hydrogens (tertiary/aromatic N) is 3. The molecule has 1 unspecified atom stereocenters. The third-order valence-electron chi connectivity index (χ3n) is 6.49. The fraction of sp³-hybridized carbons (Fsp3) is 0.192. The Morgan fingerprint density at radius 3 is 2.86 bits per heavy atom. The highest BCUT2D eigenvalue weighted by Gasteiger charge is 2.35. The predicted molar refractivity (Wildman–Crippen MR) is 132 cm³/mol. The molecule has 1 fully saturated rings. The van der Waals surface area contributed by atoms with Crippen molar-refractivity contribution in [2.24, 2.45) is 0 Å². The number of fused-ring (bicyclic) bond motifs is 2. The van der Waals surface area contributed by atoms with Crippen molar-refractivity contribution in [3.05, 3.63) is 77.9 Å². The van der Waals surface area contributed by atoms with E-state index >= 15 is 0 Å². The van der Waals surface area contributed by atoms with Gasteiger partial charge in [-0.3, -0.25) is 14.4 Å². The van der Waals surface area contributed by atoms with Crippen LogP contribution in [0.4, 0.5) is 11.4 Å². The lowest BCUT2D eigenvalue weighted by atomic mass is 9.98. The van der Waals surface area contributed by atoms with Crippen molar-refractivity contribution in [1.82, 2.24) is 20.3 Å². The molecule has 0 spiro atoms. The lowest BCUT2D eigenvalue weighted by molar-refractivity contribution is -0.119. The highest BCUT2D eigenvalue weighted by Crippen LogP contribution is 2.35. The number of aromatic amines is 1. The summed E-state index contributed by atoms with van der Waals surface area (Å²) in [5.74, 6) is -0.209. The molecular formula is C26H22N6O4. The molecule has 36 heavy (non-hydrogen) atoms. The van der Waals surface area contributed by atoms with E-state index in [-0.39, 0.29) is 42.5 Å². The number of benzene rings is 2. The average Bonchev–Trinajstić information content (AvgIpc) is 3.50. The molecule has 3 N–H and O–H groups in total. The Morgan fingerprint density at radius 1 is 1.14 bits per heavy atom. The zero-order valence-corrected chi connectivity index (χ0v) is 19.2. The van der Waals surface area contributed by atoms with Crippen molar-refractivity contribution >= 4 is 40.1 Å². The van der Waals surface area contributed by atoms with Crippen LogP contribution in [0.2, 0.25) is 0 Å². The number of hydrogen-bond acceptors (Lipinski definition) is 6. The topological polar surface area (TPSA) is 129 Å². The number of hydrogen-bond donors (Lipinski definition) is 3. The maximum absolute atomic E-state index is 13.2. The van der Waals surface area contributed by atoms with Crippen LogP contribution in [0.1, 0.15) is 34.0 Å². The van der Waals surface area contributed by atoms with Crippen molar-refractivity contribution < 1.29 is 19.1 Å². The maximum Gasteiger partial charge on any atom is 0.272 e. The molecule has 4 heterocycles. The summed E-state index contributed by atoms with van der Waals surface area (Å²) in [4.78, 5) is 51.1. The molecule has 2 aromatic carbocycles. The molecule has 2 aromatic heterocycles. The van der Waals surface area contributed by atoms with E-state index in [1.807, 2.05) is 36.4 Å². The van der Waals surface area contributed by atoms with Crippen LogP contribution in [0.15, 0.2) is 61.1 Å². The number of carbonyl (C=O) groups excluding carboxylic acids is 3. The molecule has 10 nitrogen and oxygen atoms in total. The van der Waals surface area contributed by atoms with Gasteiger partial charge in [-0.15, -0.1) is 0 Å². The summed E-state index contributed by atoms with van der Waals surface area (Å²) in [5, 5.41) is 5.61. The third kappa shape index (κ3) is 3.82. The number of carbonyl (C=O) groups is 3. The summed E-state index contributed by atoms with van der Waals surface area (Å²) < 4.78 is 5.37. The molecule has 1 saturated heterocycles. The first-order valence-electron chi connectivity index (χ1n) is 11.6. The Labute approximate surface area is 205 Å². The zero-order valence-electron chi connectivity index (χ0n) is 19.2. The quantitative estimate of drug-likeness (QED) is 0.401. The minimum absolute atomic E-state index is 0.00944. The predicted octanol–water partition coefficient (Wildman–Crippen LogP) is 2.74. The molecule has 180 valence electrons. The number of amides is 3. The van der Waals surface area contributed by atoms with Gasteiger partial charge in [0.05, 0.1) is 22.8 Å². The monoisotopic (exact) mass is 482 g/mol. The maximum atomic E-state index is 13.2. The first kappa shape index (κ1) is 21.8. The Bertz CT molecular complexity index is 1500. The smallest absolute Gasteiger partial charge is 0.272 e. The van der Waals surface area contributed by atoms with Gasteiger partial charge in [-0.1, -0.05) is 36.4 Å². The van der Waals surface area contributed by atoms with E-state index in [0.29, 0.717) is 41.1 Å². The van der Waals surface area contributed by atoms with Gasteiger partial charge in [-0.25, -0.2) is 9.97 Å². The van der Waals surface area contributed by atoms with Crippen molar-refractivity contribution in [2.75, 3.05) is 23.4 Å². The normalized spacial score (nSPS) is 17.0. The second kappa shape index (κ2) is 8.81. The molecule has 3 amide bonds. The number of anilines is 2. The molecule has 0 saturated carbocycles. The van der Waals surface area contributed by atoms with Gasteiger partial charge in [0.1, 0.15) is 17.6 Å². The van der Waals surface area contributed by atoms with Crippen LogP contribution in [0, 0.1) is 0 Å². The largest absolute Gasteiger partial charge is 0.482 e. The number of ether oxygens (including phenoxy) is 1. The van der Waals surface area contributed by atoms with E-state index < -0.39 is 0 Å². The number of H-pyrrole nitrogens is 1. The van der Waals surface area contributed by atoms with Gasteiger partial charge in [0.15, 0.2) is 12.3 Å². The van der Waals surface area contributed by atoms with Gasteiger partial charge >= 0.3 is 0 Å². The first-order valence-corrected chi connectivity index (χ1v) is 11.6. The highest BCUT2D eigenvalue weighted by atomic mass is 16.5. The van der Waals surface area contributed by atoms with Gasteiger partial charge in [0, 0.05) is 19.3 Å². The Hall–Kier alpha value is -4.73. The minimum Gasteiger partial charge on any atom is -0.482 e. The molecule has 0 radical (unpaired) electrons. The van der Waals surface area contributed by atoms with Gasteiger partial charge in [0.2, 0.25) is 5.91 Å². The summed E-state index contributed by atoms with van der Waals surface area (Å²) in [7, 11) is 0. The summed E-state index contributed by atoms with van der Waals surface area (Å²) in [6, 6.07) is 15.1. The SMILES string of the molecule is O=C1COc2ccc(CNC(=O)c3ncnc4c(N5CCC(c6ccccc6)C5=O)c[nH]c34)cc2N1. The van der Waals surface area contributed by atoms with Crippen LogP contribution < -0.4 is 20.3 Å². The molecule has 0 aliphatic carbocycles. The molecule has 1 atom stereocenters. The summed E-state index contributed by atoms with van der Waals surface area (Å²) in [6.07, 6.45) is 3.74. The molecule has 2 aliphatic rings. The molecule has 4 aromatic rings. The van der Waals surface area contributed by atoms with E-state index in [2.05, 4.69) is 25.6 Å². The van der Waals surface area contributed by atoms with Gasteiger partial charge in [0.25, 0.3) is 11.8 Å². The van der Waals surface area contributed by atoms with E-state index in [9.17, 15) is 14.4 Å². The van der Waals surface area contributed by atoms with Gasteiger partial charge in [-0.05, 0) is 29.7 Å². The second-order valence-electron chi connectivity index (χ2n) is 8.71. The molecule has 10 heteroatoms. The number of rotatable bonds is 5. The molecule has 2 aliphatic heterocycles. The molecule has 0 bridgehead atoms. The van der Waals surface area contributed by atoms with Crippen LogP contribution in [0.5, 0.6) is 5.75 Å². The standard InChI is InChI=1S/C26H22N6O4/c33-21-13-36-20-7-6-15(10-18(20)31-21)11-28-25(34)24-23-22(29-14-30-24)19(12-27-23)32-9-8-17(26(32)35)16-4-2-1-3-5-16/h1-7,10,12,14,17,27H,8-9,11,13H2,(H,28,34)(H,31,33). The average molecular weight is 483 g/mol. The first-order chi connectivity index (χ1) is 17.6. The Balaban J connectivity index is 1.21. The van der Waals surface area contributed by atoms with E-state index in [1.165, 1.54) is 6.33 Å². The summed E-state index contributed by atoms with van der Waals surface area (Å²) >= 11 is 0. The Kier molecular flexibility index (Phi) is 5.33. The zero-order chi connectivity index (χ0) is 24.6. The second-order valence-corrected chi connectivity index (χ2v) is 8.71. The highest BCUT2D eigenvalue weighted by molar-refractivity contribution is 6.10. The number of aromatic nitrogens is 3. The fourth-order valence-electron chi connectivity index (χ4n) is 4.72. The van der Waals surface area contributed by atoms with Crippen molar-refractivity contribution in [3.63, 3.8) is 0 Å². The van der Waals surface area contributed by atoms with E-state index in [0.717, 1.165) is 11.1 Å². The van der Waals surface area contributed by atoms with Gasteiger partial charge in [-0.2, -0.15) is 0 Å². The van der Waals surface area contributed by atoms with Crippen LogP contribution in [-0.4, -0.2) is 45.8 Å². The van der Waals surface area contributed by atoms with Crippen LogP contribution in [-0.2, 0) is 16.1 Å². The van der Waals surface area contributed by atoms with Gasteiger partial charge < -0.3 is 25.3 Å². The molecule has 6 rings (SSSR count). The van der Waals surface area contributed by atoms with Crippen molar-refractivity contribution in [2.45, 2.75) is 18.9 Å². The fourth-order valence-corrected chi connectivity index (χ4v) is 4.72. The van der Waals surface area contributed by atoms with Crippen LogP contribution >= 0.6 is 0 Å². The summed E-state index contributed by atoms with van der Waals surface area (Å²) in [5.41, 5.74) is 4.16. The third-order valence-corrected chi connectivity index (χ3v) is 6.49. The van der Waals surface area contributed by atoms with Crippen molar-refractivity contribution in [3.8, 4) is 5.75 Å². The number of nitrogens with one attached hydrogen (secondary N) is 3. The van der Waals surface area contributed by atoms with E-state index in [1.54, 1.807) is 23.2 Å². The lowest BCUT2D eigenvalue weighted by Crippen LogP contribution is -2.27. The minimum atomic E-state index is -0.385.